The van der Waals surface area contributed by atoms with Crippen LogP contribution in [0.1, 0.15) is 18.4 Å². The number of hydrogen-bond acceptors (Lipinski definition) is 10. The monoisotopic (exact) mass is 480 g/mol. The molecule has 2 aliphatic rings. The van der Waals surface area contributed by atoms with E-state index in [1.807, 2.05) is 36.2 Å². The maximum atomic E-state index is 12.6. The second-order valence-corrected chi connectivity index (χ2v) is 8.24. The Morgan fingerprint density at radius 2 is 2.00 bits per heavy atom. The predicted octanol–water partition coefficient (Wildman–Crippen LogP) is 2.33. The Morgan fingerprint density at radius 3 is 2.74 bits per heavy atom. The summed E-state index contributed by atoms with van der Waals surface area (Å²) in [6.07, 6.45) is 0.890. The van der Waals surface area contributed by atoms with Crippen molar-refractivity contribution in [1.82, 2.24) is 10.3 Å². The summed E-state index contributed by atoms with van der Waals surface area (Å²) >= 11 is 0. The van der Waals surface area contributed by atoms with Gasteiger partial charge >= 0.3 is 0 Å². The van der Waals surface area contributed by atoms with E-state index >= 15 is 0 Å². The average Bonchev–Trinajstić information content (AvgIpc) is 2.98. The van der Waals surface area contributed by atoms with E-state index in [4.69, 9.17) is 20.2 Å². The number of aliphatic imine (C=N–C) groups is 1. The van der Waals surface area contributed by atoms with E-state index < -0.39 is 0 Å². The van der Waals surface area contributed by atoms with Gasteiger partial charge in [-0.3, -0.25) is 4.79 Å². The Morgan fingerprint density at radius 1 is 1.20 bits per heavy atom. The Hall–Kier alpha value is -3.80. The van der Waals surface area contributed by atoms with Gasteiger partial charge in [0, 0.05) is 43.1 Å². The molecule has 2 aromatic carbocycles. The number of carbonyl (C=O) groups excluding carboxylic acids is 1. The first-order valence-corrected chi connectivity index (χ1v) is 11.3. The molecule has 2 aliphatic heterocycles. The minimum atomic E-state index is -0.151. The van der Waals surface area contributed by atoms with E-state index in [1.165, 1.54) is 0 Å². The minimum Gasteiger partial charge on any atom is -0.743 e. The maximum absolute atomic E-state index is 12.6. The molecule has 2 aromatic rings. The summed E-state index contributed by atoms with van der Waals surface area (Å²) < 4.78 is 10.7. The lowest BCUT2D eigenvalue weighted by Gasteiger charge is -2.32. The molecule has 0 aliphatic carbocycles. The van der Waals surface area contributed by atoms with E-state index in [0.717, 1.165) is 16.8 Å². The van der Waals surface area contributed by atoms with Crippen LogP contribution in [-0.2, 0) is 4.79 Å². The van der Waals surface area contributed by atoms with E-state index in [2.05, 4.69) is 16.1 Å². The van der Waals surface area contributed by atoms with Crippen LogP contribution >= 0.6 is 0 Å². The molecule has 11 heteroatoms. The molecule has 1 amide bonds. The number of carbonyl (C=O) groups is 1. The van der Waals surface area contributed by atoms with Gasteiger partial charge < -0.3 is 41.1 Å². The van der Waals surface area contributed by atoms with Crippen molar-refractivity contribution in [1.29, 1.82) is 0 Å². The smallest absolute Gasteiger partial charge is 0.228 e. The molecular weight excluding hydrogens is 450 g/mol. The van der Waals surface area contributed by atoms with Crippen molar-refractivity contribution in [3.63, 3.8) is 0 Å². The second kappa shape index (κ2) is 10.6. The highest BCUT2D eigenvalue weighted by atomic mass is 16.5. The van der Waals surface area contributed by atoms with Gasteiger partial charge in [-0.1, -0.05) is 0 Å². The van der Waals surface area contributed by atoms with E-state index in [1.54, 1.807) is 26.4 Å². The molecule has 5 N–H and O–H groups in total. The number of guanidine groups is 1. The van der Waals surface area contributed by atoms with Gasteiger partial charge in [0.15, 0.2) is 11.5 Å². The number of hydrogen-bond donors (Lipinski definition) is 4. The maximum Gasteiger partial charge on any atom is 0.228 e. The van der Waals surface area contributed by atoms with Crippen molar-refractivity contribution in [2.75, 3.05) is 56.7 Å². The summed E-state index contributed by atoms with van der Waals surface area (Å²) in [5, 5.41) is 19.4. The predicted molar refractivity (Wildman–Crippen MR) is 137 cm³/mol. The van der Waals surface area contributed by atoms with Crippen LogP contribution in [0.5, 0.6) is 11.5 Å². The highest BCUT2D eigenvalue weighted by Crippen LogP contribution is 2.37. The second-order valence-electron chi connectivity index (χ2n) is 8.24. The van der Waals surface area contributed by atoms with Gasteiger partial charge in [-0.2, -0.15) is 0 Å². The lowest BCUT2D eigenvalue weighted by atomic mass is 10.0. The number of nitrogens with zero attached hydrogens (tertiary/aromatic N) is 3. The van der Waals surface area contributed by atoms with Crippen molar-refractivity contribution in [3.05, 3.63) is 52.7 Å². The first-order chi connectivity index (χ1) is 16.9. The van der Waals surface area contributed by atoms with E-state index in [0.29, 0.717) is 65.8 Å². The molecule has 0 saturated heterocycles. The Balaban J connectivity index is 1.65. The molecule has 4 rings (SSSR count). The molecule has 0 spiro atoms. The minimum absolute atomic E-state index is 0.151. The van der Waals surface area contributed by atoms with Crippen LogP contribution in [0.3, 0.4) is 0 Å². The zero-order valence-electron chi connectivity index (χ0n) is 20.1. The van der Waals surface area contributed by atoms with Crippen molar-refractivity contribution in [3.8, 4) is 11.5 Å². The zero-order chi connectivity index (χ0) is 24.9. The van der Waals surface area contributed by atoms with Gasteiger partial charge in [0.2, 0.25) is 11.9 Å². The fraction of sp³-hybridized carbons (Fsp3) is 0.333. The quantitative estimate of drug-likeness (QED) is 0.331. The van der Waals surface area contributed by atoms with Crippen molar-refractivity contribution in [2.45, 2.75) is 12.8 Å². The molecule has 35 heavy (non-hydrogen) atoms. The van der Waals surface area contributed by atoms with Crippen LogP contribution < -0.4 is 36.4 Å². The number of nitrogens with two attached hydrogens (primary N) is 1. The molecule has 0 aromatic heterocycles. The van der Waals surface area contributed by atoms with Gasteiger partial charge in [-0.25, -0.2) is 10.4 Å². The van der Waals surface area contributed by atoms with Crippen molar-refractivity contribution >= 4 is 34.6 Å². The van der Waals surface area contributed by atoms with Gasteiger partial charge in [-0.15, -0.1) is 0 Å². The van der Waals surface area contributed by atoms with Crippen molar-refractivity contribution < 1.29 is 14.3 Å². The van der Waals surface area contributed by atoms with E-state index in [-0.39, 0.29) is 12.3 Å². The van der Waals surface area contributed by atoms with Crippen LogP contribution in [0.15, 0.2) is 47.0 Å². The summed E-state index contributed by atoms with van der Waals surface area (Å²) in [4.78, 5) is 19.5. The number of amides is 1. The molecule has 0 saturated carbocycles. The van der Waals surface area contributed by atoms with Crippen LogP contribution in [0, 0.1) is 5.21 Å². The number of anilines is 3. The summed E-state index contributed by atoms with van der Waals surface area (Å²) in [6, 6.07) is 10.7. The van der Waals surface area contributed by atoms with Crippen LogP contribution in [-0.4, -0.2) is 57.7 Å². The highest BCUT2D eigenvalue weighted by molar-refractivity contribution is 6.05. The number of ether oxygens (including phenoxy) is 2. The third-order valence-corrected chi connectivity index (χ3v) is 5.76. The molecule has 0 bridgehead atoms. The average molecular weight is 481 g/mol. The first kappa shape index (κ1) is 24.3. The first-order valence-electron chi connectivity index (χ1n) is 11.3. The van der Waals surface area contributed by atoms with Gasteiger partial charge in [0.1, 0.15) is 0 Å². The number of hydrazine groups is 1. The lowest BCUT2D eigenvalue weighted by Crippen LogP contribution is -2.37. The van der Waals surface area contributed by atoms with Gasteiger partial charge in [0.25, 0.3) is 0 Å². The van der Waals surface area contributed by atoms with Gasteiger partial charge in [0.05, 0.1) is 32.0 Å². The molecule has 2 heterocycles. The normalized spacial score (nSPS) is 14.9. The molecular formula is C24H30N7O4-. The number of fused-ring (bicyclic) bond motifs is 2. The summed E-state index contributed by atoms with van der Waals surface area (Å²) in [5.74, 6) is 1.70. The molecule has 0 fully saturated rings. The molecule has 11 nitrogen and oxygen atoms in total. The Labute approximate surface area is 204 Å². The fourth-order valence-corrected chi connectivity index (χ4v) is 3.99. The number of likely N-dealkylation sites (N-methyl/N-ethyl adjacent to an activating group) is 1. The standard InChI is InChI=1S/C24H30N7O4/c1-30-14-15-11-22(32)28-19-13-17(31(33)26-10-4-9-25)6-7-18(19)23(15)29-24(30)27-16-5-8-20(34-2)21(12-16)35-3/h5-8,12-13,26H,4,9-11,14,25H2,1-3H3,(H,27,29)(H,28,32)/q-1. The van der Waals surface area contributed by atoms with Gasteiger partial charge in [-0.05, 0) is 48.9 Å². The largest absolute Gasteiger partial charge is 0.743 e. The number of nitrogens with one attached hydrogen (secondary N) is 3. The van der Waals surface area contributed by atoms with Crippen LogP contribution in [0.2, 0.25) is 0 Å². The van der Waals surface area contributed by atoms with Crippen LogP contribution in [0.25, 0.3) is 5.70 Å². The third-order valence-electron chi connectivity index (χ3n) is 5.76. The topological polar surface area (TPSA) is 140 Å². The molecule has 0 unspecified atom stereocenters. The lowest BCUT2D eigenvalue weighted by molar-refractivity contribution is -0.115. The molecule has 0 radical (unpaired) electrons. The summed E-state index contributed by atoms with van der Waals surface area (Å²) in [7, 11) is 5.08. The van der Waals surface area contributed by atoms with Crippen LogP contribution in [0.4, 0.5) is 17.1 Å². The zero-order valence-corrected chi connectivity index (χ0v) is 20.1. The molecule has 0 atom stereocenters. The number of methoxy groups -OCH3 is 2. The van der Waals surface area contributed by atoms with Crippen molar-refractivity contribution in [2.24, 2.45) is 10.7 Å². The highest BCUT2D eigenvalue weighted by Gasteiger charge is 2.27. The van der Waals surface area contributed by atoms with E-state index in [9.17, 15) is 10.0 Å². The third kappa shape index (κ3) is 5.32. The Kier molecular flexibility index (Phi) is 7.39. The summed E-state index contributed by atoms with van der Waals surface area (Å²) in [6.45, 7) is 1.47. The molecule has 186 valence electrons. The Bertz CT molecular complexity index is 1160. The number of rotatable bonds is 8. The summed E-state index contributed by atoms with van der Waals surface area (Å²) in [5.41, 5.74) is 12.3. The number of benzene rings is 2. The SMILES string of the molecule is COc1ccc(NC2=NC3=C(CC(=O)Nc4cc(N([O-])NCCCN)ccc43)CN2C)cc1OC. The fourth-order valence-electron chi connectivity index (χ4n) is 3.99.